The lowest BCUT2D eigenvalue weighted by atomic mass is 9.95. The third kappa shape index (κ3) is 4.47. The molecule has 0 spiro atoms. The second-order valence-corrected chi connectivity index (χ2v) is 11.2. The predicted molar refractivity (Wildman–Crippen MR) is 161 cm³/mol. The van der Waals surface area contributed by atoms with E-state index in [-0.39, 0.29) is 0 Å². The van der Waals surface area contributed by atoms with E-state index < -0.39 is 0 Å². The van der Waals surface area contributed by atoms with Crippen molar-refractivity contribution in [2.24, 2.45) is 4.99 Å². The van der Waals surface area contributed by atoms with Crippen LogP contribution >= 0.6 is 35.2 Å². The van der Waals surface area contributed by atoms with E-state index in [2.05, 4.69) is 25.0 Å². The van der Waals surface area contributed by atoms with Crippen LogP contribution in [0.1, 0.15) is 33.2 Å². The third-order valence-corrected chi connectivity index (χ3v) is 8.97. The summed E-state index contributed by atoms with van der Waals surface area (Å²) in [6, 6.07) is 11.6. The molecule has 0 unspecified atom stereocenters. The van der Waals surface area contributed by atoms with Crippen LogP contribution in [0.4, 0.5) is 5.69 Å². The minimum absolute atomic E-state index is 0.437. The number of thiocarbonyl (C=S) groups is 1. The van der Waals surface area contributed by atoms with Gasteiger partial charge in [-0.15, -0.1) is 21.5 Å². The van der Waals surface area contributed by atoms with Gasteiger partial charge in [-0.05, 0) is 37.2 Å². The number of halogens is 1. The van der Waals surface area contributed by atoms with Crippen molar-refractivity contribution >= 4 is 51.7 Å². The smallest absolute Gasteiger partial charge is 0.203 e. The molecule has 40 heavy (non-hydrogen) atoms. The maximum Gasteiger partial charge on any atom is 0.203 e. The first-order valence-corrected chi connectivity index (χ1v) is 14.2. The van der Waals surface area contributed by atoms with E-state index in [1.807, 2.05) is 43.3 Å². The maximum atomic E-state index is 6.68. The number of aromatic nitrogens is 3. The Morgan fingerprint density at radius 2 is 1.82 bits per heavy atom. The van der Waals surface area contributed by atoms with Gasteiger partial charge in [0.2, 0.25) is 5.75 Å². The molecule has 12 heteroatoms. The Kier molecular flexibility index (Phi) is 7.11. The molecule has 0 fully saturated rings. The van der Waals surface area contributed by atoms with Gasteiger partial charge in [-0.3, -0.25) is 9.56 Å². The number of nitrogens with zero attached hydrogens (tertiary/aromatic N) is 5. The monoisotopic (exact) mass is 594 g/mol. The zero-order valence-electron chi connectivity index (χ0n) is 22.4. The van der Waals surface area contributed by atoms with Crippen molar-refractivity contribution in [1.29, 1.82) is 0 Å². The van der Waals surface area contributed by atoms with Crippen LogP contribution in [0.25, 0.3) is 5.00 Å². The number of hydrogen-bond acceptors (Lipinski definition) is 8. The Balaban J connectivity index is 1.35. The van der Waals surface area contributed by atoms with Crippen molar-refractivity contribution in [3.8, 4) is 22.2 Å². The minimum Gasteiger partial charge on any atom is -0.493 e. The molecule has 0 amide bonds. The standard InChI is InChI=1S/C28H27ClN6O3S2/c1-15-32-33-23-13-30-25(17-7-5-6-8-19(17)29)24-18-9-10-34(14-22(18)40-27(24)35(15)23)28(39)31-16-11-20(36-2)26(38-4)21(12-16)37-3/h5-8,11-12H,9-10,13-14H2,1-4H3,(H,31,39). The Morgan fingerprint density at radius 1 is 1.07 bits per heavy atom. The molecular formula is C28H27ClN6O3S2. The Morgan fingerprint density at radius 3 is 2.52 bits per heavy atom. The third-order valence-electron chi connectivity index (χ3n) is 7.08. The van der Waals surface area contributed by atoms with Crippen LogP contribution in [-0.4, -0.2) is 58.4 Å². The molecule has 2 aromatic carbocycles. The van der Waals surface area contributed by atoms with Gasteiger partial charge in [-0.2, -0.15) is 0 Å². The number of ether oxygens (including phenoxy) is 3. The zero-order valence-corrected chi connectivity index (χ0v) is 24.8. The molecule has 0 saturated heterocycles. The summed E-state index contributed by atoms with van der Waals surface area (Å²) in [5.74, 6) is 3.30. The fraction of sp³-hybridized carbons (Fsp3) is 0.286. The molecule has 4 heterocycles. The average molecular weight is 595 g/mol. The van der Waals surface area contributed by atoms with Crippen molar-refractivity contribution in [1.82, 2.24) is 19.7 Å². The van der Waals surface area contributed by atoms with Gasteiger partial charge in [-0.1, -0.05) is 29.8 Å². The van der Waals surface area contributed by atoms with E-state index in [1.54, 1.807) is 32.7 Å². The SMILES string of the molecule is COc1cc(NC(=S)N2CCc3c(sc4c3C(c3ccccc3Cl)=NCc3nnc(C)n3-4)C2)cc(OC)c1OC. The molecule has 2 aliphatic rings. The Hall–Kier alpha value is -3.67. The molecule has 0 aliphatic carbocycles. The van der Waals surface area contributed by atoms with Gasteiger partial charge < -0.3 is 24.4 Å². The van der Waals surface area contributed by atoms with E-state index in [0.717, 1.165) is 52.1 Å². The lowest BCUT2D eigenvalue weighted by Crippen LogP contribution is -2.38. The quantitative estimate of drug-likeness (QED) is 0.307. The van der Waals surface area contributed by atoms with Crippen LogP contribution in [0.15, 0.2) is 41.4 Å². The average Bonchev–Trinajstić information content (AvgIpc) is 3.47. The van der Waals surface area contributed by atoms with E-state index in [0.29, 0.717) is 40.5 Å². The fourth-order valence-electron chi connectivity index (χ4n) is 5.19. The summed E-state index contributed by atoms with van der Waals surface area (Å²) in [4.78, 5) is 8.41. The number of fused-ring (bicyclic) bond motifs is 5. The molecule has 4 aromatic rings. The fourth-order valence-corrected chi connectivity index (χ4v) is 7.13. The summed E-state index contributed by atoms with van der Waals surface area (Å²) >= 11 is 14.3. The van der Waals surface area contributed by atoms with Crippen LogP contribution in [0, 0.1) is 6.92 Å². The number of nitrogens with one attached hydrogen (secondary N) is 1. The van der Waals surface area contributed by atoms with Gasteiger partial charge in [0.25, 0.3) is 0 Å². The highest BCUT2D eigenvalue weighted by molar-refractivity contribution is 7.80. The van der Waals surface area contributed by atoms with Crippen LogP contribution in [0.3, 0.4) is 0 Å². The number of aryl methyl sites for hydroxylation is 1. The number of hydrogen-bond donors (Lipinski definition) is 1. The van der Waals surface area contributed by atoms with Gasteiger partial charge in [-0.25, -0.2) is 0 Å². The van der Waals surface area contributed by atoms with Crippen LogP contribution in [-0.2, 0) is 19.5 Å². The summed E-state index contributed by atoms with van der Waals surface area (Å²) in [5.41, 5.74) is 4.95. The molecule has 9 nitrogen and oxygen atoms in total. The topological polar surface area (TPSA) is 86.0 Å². The summed E-state index contributed by atoms with van der Waals surface area (Å²) in [7, 11) is 4.77. The molecule has 206 valence electrons. The van der Waals surface area contributed by atoms with E-state index >= 15 is 0 Å². The first-order valence-electron chi connectivity index (χ1n) is 12.6. The van der Waals surface area contributed by atoms with Gasteiger partial charge in [0.05, 0.1) is 33.6 Å². The lowest BCUT2D eigenvalue weighted by molar-refractivity contribution is 0.324. The van der Waals surface area contributed by atoms with E-state index in [9.17, 15) is 0 Å². The zero-order chi connectivity index (χ0) is 28.0. The van der Waals surface area contributed by atoms with Crippen molar-refractivity contribution in [2.75, 3.05) is 33.2 Å². The van der Waals surface area contributed by atoms with Crippen molar-refractivity contribution in [3.05, 3.63) is 74.6 Å². The second-order valence-electron chi connectivity index (χ2n) is 9.34. The number of anilines is 1. The second kappa shape index (κ2) is 10.7. The van der Waals surface area contributed by atoms with E-state index in [4.69, 9.17) is 43.0 Å². The minimum atomic E-state index is 0.437. The number of aliphatic imine (C=N–C) groups is 1. The van der Waals surface area contributed by atoms with E-state index in [1.165, 1.54) is 10.4 Å². The van der Waals surface area contributed by atoms with Gasteiger partial charge in [0.1, 0.15) is 17.4 Å². The molecule has 2 aromatic heterocycles. The van der Waals surface area contributed by atoms with Gasteiger partial charge in [0, 0.05) is 45.4 Å². The predicted octanol–water partition coefficient (Wildman–Crippen LogP) is 5.42. The highest BCUT2D eigenvalue weighted by Gasteiger charge is 2.32. The number of rotatable bonds is 5. The molecule has 2 aliphatic heterocycles. The van der Waals surface area contributed by atoms with Gasteiger partial charge >= 0.3 is 0 Å². The molecule has 1 N–H and O–H groups in total. The normalized spacial score (nSPS) is 13.9. The summed E-state index contributed by atoms with van der Waals surface area (Å²) in [5, 5.41) is 14.5. The lowest BCUT2D eigenvalue weighted by Gasteiger charge is -2.30. The maximum absolute atomic E-state index is 6.68. The Bertz CT molecular complexity index is 1640. The molecule has 0 bridgehead atoms. The number of benzene rings is 2. The number of thiophene rings is 1. The van der Waals surface area contributed by atoms with Crippen molar-refractivity contribution < 1.29 is 14.2 Å². The highest BCUT2D eigenvalue weighted by atomic mass is 35.5. The van der Waals surface area contributed by atoms with Crippen LogP contribution in [0.2, 0.25) is 5.02 Å². The first kappa shape index (κ1) is 26.5. The summed E-state index contributed by atoms with van der Waals surface area (Å²) in [6.45, 7) is 3.82. The van der Waals surface area contributed by atoms with Crippen molar-refractivity contribution in [3.63, 3.8) is 0 Å². The largest absolute Gasteiger partial charge is 0.493 e. The van der Waals surface area contributed by atoms with Crippen molar-refractivity contribution in [2.45, 2.75) is 26.4 Å². The number of methoxy groups -OCH3 is 3. The summed E-state index contributed by atoms with van der Waals surface area (Å²) in [6.07, 6.45) is 0.804. The molecule has 6 rings (SSSR count). The molecular weight excluding hydrogens is 568 g/mol. The first-order chi connectivity index (χ1) is 19.4. The van der Waals surface area contributed by atoms with Crippen LogP contribution in [0.5, 0.6) is 17.2 Å². The van der Waals surface area contributed by atoms with Crippen LogP contribution < -0.4 is 19.5 Å². The highest BCUT2D eigenvalue weighted by Crippen LogP contribution is 2.42. The summed E-state index contributed by atoms with van der Waals surface area (Å²) < 4.78 is 18.6. The van der Waals surface area contributed by atoms with Gasteiger partial charge in [0.15, 0.2) is 22.4 Å². The molecule has 0 radical (unpaired) electrons. The Labute approximate surface area is 246 Å². The molecule has 0 saturated carbocycles. The molecule has 0 atom stereocenters.